The number of rotatable bonds is 8. The second kappa shape index (κ2) is 30.1. The van der Waals surface area contributed by atoms with Gasteiger partial charge in [0.25, 0.3) is 0 Å². The van der Waals surface area contributed by atoms with E-state index >= 15 is 0 Å². The molecule has 24 heavy (non-hydrogen) atoms. The van der Waals surface area contributed by atoms with Crippen LogP contribution in [0.3, 0.4) is 0 Å². The molecule has 0 fully saturated rings. The average molecular weight is 340 g/mol. The van der Waals surface area contributed by atoms with Crippen LogP contribution < -0.4 is 5.73 Å². The zero-order chi connectivity index (χ0) is 19.8. The lowest BCUT2D eigenvalue weighted by Crippen LogP contribution is -2.22. The maximum atomic E-state index is 6.00. The Morgan fingerprint density at radius 1 is 0.917 bits per heavy atom. The topological polar surface area (TPSA) is 26.0 Å². The van der Waals surface area contributed by atoms with Crippen LogP contribution in [0.1, 0.15) is 100 Å². The lowest BCUT2D eigenvalue weighted by atomic mass is 9.93. The van der Waals surface area contributed by atoms with E-state index in [-0.39, 0.29) is 0 Å². The summed E-state index contributed by atoms with van der Waals surface area (Å²) in [4.78, 5) is 0. The highest BCUT2D eigenvalue weighted by atomic mass is 14.6. The molecule has 2 N–H and O–H groups in total. The number of hydrogen-bond acceptors (Lipinski definition) is 1. The first-order chi connectivity index (χ1) is 11.5. The third-order valence-corrected chi connectivity index (χ3v) is 3.32. The highest BCUT2D eigenvalue weighted by Gasteiger charge is 2.08. The Labute approximate surface area is 155 Å². The van der Waals surface area contributed by atoms with Gasteiger partial charge in [0, 0.05) is 6.04 Å². The summed E-state index contributed by atoms with van der Waals surface area (Å²) in [7, 11) is 0. The van der Waals surface area contributed by atoms with E-state index in [9.17, 15) is 0 Å². The molecule has 0 aromatic carbocycles. The predicted molar refractivity (Wildman–Crippen MR) is 118 cm³/mol. The maximum Gasteiger partial charge on any atom is 0.00389 e. The molecule has 0 bridgehead atoms. The second-order valence-electron chi connectivity index (χ2n) is 5.95. The fourth-order valence-corrected chi connectivity index (χ4v) is 1.85. The lowest BCUT2D eigenvalue weighted by molar-refractivity contribution is 0.417. The minimum Gasteiger partial charge on any atom is -0.328 e. The van der Waals surface area contributed by atoms with Crippen molar-refractivity contribution in [1.29, 1.82) is 0 Å². The maximum absolute atomic E-state index is 6.00. The van der Waals surface area contributed by atoms with Gasteiger partial charge in [0.2, 0.25) is 0 Å². The molecule has 0 spiro atoms. The van der Waals surface area contributed by atoms with Crippen molar-refractivity contribution in [2.75, 3.05) is 0 Å². The van der Waals surface area contributed by atoms with Crippen molar-refractivity contribution < 1.29 is 0 Å². The molecule has 0 saturated carbocycles. The molecule has 0 radical (unpaired) electrons. The summed E-state index contributed by atoms with van der Waals surface area (Å²) in [6.07, 6.45) is 15.0. The fraction of sp³-hybridized carbons (Fsp3) is 0.739. The highest BCUT2D eigenvalue weighted by molar-refractivity contribution is 5.17. The summed E-state index contributed by atoms with van der Waals surface area (Å²) in [6, 6.07) is 0.380. The quantitative estimate of drug-likeness (QED) is 0.351. The molecule has 1 nitrogen and oxygen atoms in total. The van der Waals surface area contributed by atoms with E-state index in [1.165, 1.54) is 31.3 Å². The number of hydrogen-bond donors (Lipinski definition) is 1. The second-order valence-corrected chi connectivity index (χ2v) is 5.95. The molecule has 2 unspecified atom stereocenters. The van der Waals surface area contributed by atoms with Crippen LogP contribution in [0.2, 0.25) is 0 Å². The zero-order valence-electron chi connectivity index (χ0n) is 18.3. The summed E-state index contributed by atoms with van der Waals surface area (Å²) in [6.45, 7) is 23.2. The number of nitrogens with two attached hydrogens (primary N) is 1. The minimum atomic E-state index is 0.380. The first-order valence-corrected chi connectivity index (χ1v) is 10.1. The molecule has 0 aliphatic rings. The van der Waals surface area contributed by atoms with Crippen molar-refractivity contribution in [2.24, 2.45) is 11.7 Å². The van der Waals surface area contributed by atoms with Crippen LogP contribution in [0.25, 0.3) is 0 Å². The Morgan fingerprint density at radius 2 is 1.38 bits per heavy atom. The monoisotopic (exact) mass is 339 g/mol. The largest absolute Gasteiger partial charge is 0.328 e. The van der Waals surface area contributed by atoms with E-state index in [4.69, 9.17) is 5.73 Å². The molecule has 0 aliphatic heterocycles. The SMILES string of the molecule is C/C=C(\C=C/CC(CC)CC(N)CC)CC.C=C.CCC.CCC. The molecule has 0 heterocycles. The summed E-state index contributed by atoms with van der Waals surface area (Å²) < 4.78 is 0. The van der Waals surface area contributed by atoms with Gasteiger partial charge in [0.1, 0.15) is 0 Å². The van der Waals surface area contributed by atoms with Gasteiger partial charge in [-0.2, -0.15) is 0 Å². The van der Waals surface area contributed by atoms with Gasteiger partial charge in [-0.3, -0.25) is 0 Å². The Hall–Kier alpha value is -0.820. The third kappa shape index (κ3) is 29.2. The molecule has 0 aromatic heterocycles. The molecular formula is C23H49N. The highest BCUT2D eigenvalue weighted by Crippen LogP contribution is 2.17. The van der Waals surface area contributed by atoms with E-state index in [0.29, 0.717) is 6.04 Å². The normalized spacial score (nSPS) is 12.8. The van der Waals surface area contributed by atoms with Gasteiger partial charge in [-0.1, -0.05) is 91.5 Å². The summed E-state index contributed by atoms with van der Waals surface area (Å²) in [5.41, 5.74) is 7.42. The Bertz CT molecular complexity index is 251. The first kappa shape index (κ1) is 31.0. The lowest BCUT2D eigenvalue weighted by Gasteiger charge is -2.16. The van der Waals surface area contributed by atoms with Crippen LogP contribution in [0, 0.1) is 5.92 Å². The molecule has 0 amide bonds. The van der Waals surface area contributed by atoms with Gasteiger partial charge in [0.05, 0.1) is 0 Å². The Morgan fingerprint density at radius 3 is 1.67 bits per heavy atom. The van der Waals surface area contributed by atoms with Crippen molar-refractivity contribution in [3.63, 3.8) is 0 Å². The van der Waals surface area contributed by atoms with Crippen LogP contribution in [0.5, 0.6) is 0 Å². The van der Waals surface area contributed by atoms with Gasteiger partial charge in [-0.05, 0) is 38.5 Å². The minimum absolute atomic E-state index is 0.380. The van der Waals surface area contributed by atoms with Gasteiger partial charge in [-0.15, -0.1) is 13.2 Å². The molecule has 1 heteroatoms. The van der Waals surface area contributed by atoms with Crippen LogP contribution >= 0.6 is 0 Å². The van der Waals surface area contributed by atoms with Crippen molar-refractivity contribution >= 4 is 0 Å². The molecule has 146 valence electrons. The molecule has 0 rings (SSSR count). The van der Waals surface area contributed by atoms with Gasteiger partial charge in [0.15, 0.2) is 0 Å². The molecule has 2 atom stereocenters. The van der Waals surface area contributed by atoms with Crippen LogP contribution in [0.4, 0.5) is 0 Å². The van der Waals surface area contributed by atoms with E-state index in [1.807, 2.05) is 0 Å². The van der Waals surface area contributed by atoms with Crippen molar-refractivity contribution in [3.8, 4) is 0 Å². The zero-order valence-corrected chi connectivity index (χ0v) is 18.3. The fourth-order valence-electron chi connectivity index (χ4n) is 1.85. The van der Waals surface area contributed by atoms with Crippen molar-refractivity contribution in [3.05, 3.63) is 37.0 Å². The van der Waals surface area contributed by atoms with E-state index < -0.39 is 0 Å². The predicted octanol–water partition coefficient (Wildman–Crippen LogP) is 8.08. The third-order valence-electron chi connectivity index (χ3n) is 3.32. The van der Waals surface area contributed by atoms with Crippen LogP contribution in [-0.4, -0.2) is 6.04 Å². The van der Waals surface area contributed by atoms with Crippen LogP contribution in [-0.2, 0) is 0 Å². The van der Waals surface area contributed by atoms with Crippen LogP contribution in [0.15, 0.2) is 37.0 Å². The van der Waals surface area contributed by atoms with E-state index in [1.54, 1.807) is 0 Å². The van der Waals surface area contributed by atoms with Gasteiger partial charge >= 0.3 is 0 Å². The first-order valence-electron chi connectivity index (χ1n) is 10.1. The standard InChI is InChI=1S/C15H29N.2C3H8.C2H4/c1-5-13(6-2)10-9-11-14(7-3)12-15(16)8-4;2*1-3-2;1-2/h5,9-10,14-15H,6-8,11-12,16H2,1-4H3;2*3H2,1-2H3;1-2H2/b10-9-,13-5-;;;. The van der Waals surface area contributed by atoms with Crippen molar-refractivity contribution in [2.45, 2.75) is 106 Å². The Balaban J connectivity index is -0.000000211. The van der Waals surface area contributed by atoms with E-state index in [0.717, 1.165) is 25.2 Å². The Kier molecular flexibility index (Phi) is 38.9. The molecule has 0 aromatic rings. The van der Waals surface area contributed by atoms with Crippen molar-refractivity contribution in [1.82, 2.24) is 0 Å². The average Bonchev–Trinajstić information content (AvgIpc) is 2.60. The van der Waals surface area contributed by atoms with Gasteiger partial charge in [-0.25, -0.2) is 0 Å². The smallest absolute Gasteiger partial charge is 0.00389 e. The molecule has 0 saturated heterocycles. The van der Waals surface area contributed by atoms with E-state index in [2.05, 4.69) is 86.8 Å². The number of allylic oxidation sites excluding steroid dienone is 4. The van der Waals surface area contributed by atoms with Gasteiger partial charge < -0.3 is 5.73 Å². The summed E-state index contributed by atoms with van der Waals surface area (Å²) >= 11 is 0. The molecule has 0 aliphatic carbocycles. The molecular weight excluding hydrogens is 290 g/mol. The summed E-state index contributed by atoms with van der Waals surface area (Å²) in [5.74, 6) is 0.751. The summed E-state index contributed by atoms with van der Waals surface area (Å²) in [5, 5.41) is 0.